The Morgan fingerprint density at radius 1 is 0.438 bits per heavy atom. The Balaban J connectivity index is 0.990. The summed E-state index contributed by atoms with van der Waals surface area (Å²) in [5.41, 5.74) is 11.3. The third-order valence-corrected chi connectivity index (χ3v) is 10.4. The van der Waals surface area contributed by atoms with Crippen LogP contribution < -0.4 is 9.64 Å². The van der Waals surface area contributed by atoms with Crippen molar-refractivity contribution in [3.05, 3.63) is 169 Å². The van der Waals surface area contributed by atoms with Crippen LogP contribution in [-0.2, 0) is 0 Å². The quantitative estimate of drug-likeness (QED) is 0.184. The number of rotatable bonds is 6. The Bertz CT molecular complexity index is 2110. The van der Waals surface area contributed by atoms with Gasteiger partial charge in [0.05, 0.1) is 0 Å². The predicted octanol–water partition coefficient (Wildman–Crippen LogP) is 12.8. The van der Waals surface area contributed by atoms with Gasteiger partial charge in [0.1, 0.15) is 11.5 Å². The van der Waals surface area contributed by atoms with Gasteiger partial charge in [-0.2, -0.15) is 0 Å². The number of hydrogen-bond acceptors (Lipinski definition) is 2. The molecule has 1 saturated carbocycles. The molecule has 0 bridgehead atoms. The lowest BCUT2D eigenvalue weighted by Gasteiger charge is -2.39. The fourth-order valence-corrected chi connectivity index (χ4v) is 7.96. The van der Waals surface area contributed by atoms with E-state index in [1.807, 2.05) is 0 Å². The van der Waals surface area contributed by atoms with Gasteiger partial charge in [-0.25, -0.2) is 0 Å². The highest BCUT2D eigenvalue weighted by Gasteiger charge is 2.29. The zero-order valence-electron chi connectivity index (χ0n) is 26.9. The second-order valence-electron chi connectivity index (χ2n) is 13.2. The monoisotopic (exact) mass is 619 g/mol. The van der Waals surface area contributed by atoms with Crippen molar-refractivity contribution in [1.29, 1.82) is 0 Å². The summed E-state index contributed by atoms with van der Waals surface area (Å²) in [6, 6.07) is 59.9. The number of fused-ring (bicyclic) bond motifs is 2. The second-order valence-corrected chi connectivity index (χ2v) is 13.2. The van der Waals surface area contributed by atoms with Crippen LogP contribution in [0.3, 0.4) is 0 Å². The average Bonchev–Trinajstić information content (AvgIpc) is 3.16. The Morgan fingerprint density at radius 3 is 1.60 bits per heavy atom. The first kappa shape index (κ1) is 28.6. The van der Waals surface area contributed by atoms with E-state index in [9.17, 15) is 0 Å². The number of hydrogen-bond donors (Lipinski definition) is 0. The average molecular weight is 620 g/mol. The molecular weight excluding hydrogens is 583 g/mol. The van der Waals surface area contributed by atoms with Crippen molar-refractivity contribution >= 4 is 22.1 Å². The molecule has 1 fully saturated rings. The van der Waals surface area contributed by atoms with Gasteiger partial charge in [-0.3, -0.25) is 0 Å². The van der Waals surface area contributed by atoms with E-state index in [-0.39, 0.29) is 0 Å². The summed E-state index contributed by atoms with van der Waals surface area (Å²) in [6.07, 6.45) is 4.56. The lowest BCUT2D eigenvalue weighted by molar-refractivity contribution is 0.390. The fourth-order valence-electron chi connectivity index (χ4n) is 7.96. The fraction of sp³-hybridized carbons (Fsp3) is 0.130. The molecule has 2 heteroatoms. The first-order valence-corrected chi connectivity index (χ1v) is 17.2. The van der Waals surface area contributed by atoms with Gasteiger partial charge in [0.25, 0.3) is 0 Å². The highest BCUT2D eigenvalue weighted by atomic mass is 16.5. The Kier molecular flexibility index (Phi) is 7.28. The van der Waals surface area contributed by atoms with Crippen molar-refractivity contribution < 1.29 is 4.74 Å². The van der Waals surface area contributed by atoms with Gasteiger partial charge in [0.2, 0.25) is 0 Å². The van der Waals surface area contributed by atoms with Gasteiger partial charge < -0.3 is 9.64 Å². The topological polar surface area (TPSA) is 12.5 Å². The first-order valence-electron chi connectivity index (χ1n) is 17.2. The van der Waals surface area contributed by atoms with E-state index in [1.165, 1.54) is 61.1 Å². The summed E-state index contributed by atoms with van der Waals surface area (Å²) in [6.45, 7) is 0. The van der Waals surface area contributed by atoms with Crippen molar-refractivity contribution in [1.82, 2.24) is 0 Å². The summed E-state index contributed by atoms with van der Waals surface area (Å²) >= 11 is 0. The van der Waals surface area contributed by atoms with Crippen molar-refractivity contribution in [2.45, 2.75) is 37.6 Å². The van der Waals surface area contributed by atoms with Gasteiger partial charge in [-0.15, -0.1) is 0 Å². The largest absolute Gasteiger partial charge is 0.456 e. The highest BCUT2D eigenvalue weighted by molar-refractivity contribution is 6.04. The van der Waals surface area contributed by atoms with Crippen molar-refractivity contribution in [3.8, 4) is 44.9 Å². The molecule has 7 aromatic rings. The van der Waals surface area contributed by atoms with Gasteiger partial charge in [-0.1, -0.05) is 127 Å². The summed E-state index contributed by atoms with van der Waals surface area (Å²) in [4.78, 5) is 2.59. The van der Waals surface area contributed by atoms with E-state index in [0.717, 1.165) is 37.2 Å². The zero-order valence-corrected chi connectivity index (χ0v) is 26.9. The third-order valence-electron chi connectivity index (χ3n) is 10.4. The minimum absolute atomic E-state index is 0.421. The lowest BCUT2D eigenvalue weighted by atomic mass is 9.80. The minimum Gasteiger partial charge on any atom is -0.456 e. The lowest BCUT2D eigenvalue weighted by Crippen LogP contribution is -2.34. The molecule has 0 saturated heterocycles. The van der Waals surface area contributed by atoms with Crippen LogP contribution in [0, 0.1) is 0 Å². The van der Waals surface area contributed by atoms with Crippen molar-refractivity contribution in [2.24, 2.45) is 0 Å². The van der Waals surface area contributed by atoms with Crippen LogP contribution in [0.2, 0.25) is 0 Å². The summed E-state index contributed by atoms with van der Waals surface area (Å²) < 4.78 is 6.53. The Hall–Kier alpha value is -5.60. The summed E-state index contributed by atoms with van der Waals surface area (Å²) in [7, 11) is 0. The highest BCUT2D eigenvalue weighted by Crippen LogP contribution is 2.48. The van der Waals surface area contributed by atoms with Gasteiger partial charge in [0.15, 0.2) is 0 Å². The normalized spacial score (nSPS) is 16.6. The molecule has 0 amide bonds. The predicted molar refractivity (Wildman–Crippen MR) is 200 cm³/mol. The van der Waals surface area contributed by atoms with E-state index in [0.29, 0.717) is 12.0 Å². The van der Waals surface area contributed by atoms with E-state index >= 15 is 0 Å². The maximum absolute atomic E-state index is 6.53. The number of ether oxygens (including phenoxy) is 1. The SMILES string of the molecule is c1ccc(-c2ccc(N(c3ccc(-c4ccccc4)cc3)C3CCC(c4ccc5c(c4)Oc4cccc6cccc-5c46)CC3)cc2)cc1. The molecule has 48 heavy (non-hydrogen) atoms. The first-order chi connectivity index (χ1) is 23.8. The molecule has 2 aliphatic rings. The molecular formula is C46H37NO. The second kappa shape index (κ2) is 12.2. The molecule has 9 rings (SSSR count). The van der Waals surface area contributed by atoms with E-state index in [2.05, 4.69) is 169 Å². The maximum Gasteiger partial charge on any atom is 0.135 e. The summed E-state index contributed by atoms with van der Waals surface area (Å²) in [5, 5.41) is 2.45. The van der Waals surface area contributed by atoms with Crippen LogP contribution in [0.4, 0.5) is 11.4 Å². The molecule has 0 radical (unpaired) electrons. The zero-order chi connectivity index (χ0) is 31.9. The molecule has 1 aliphatic heterocycles. The Labute approximate surface area is 282 Å². The third kappa shape index (κ3) is 5.24. The van der Waals surface area contributed by atoms with Crippen LogP contribution in [-0.4, -0.2) is 6.04 Å². The van der Waals surface area contributed by atoms with Gasteiger partial charge >= 0.3 is 0 Å². The minimum atomic E-state index is 0.421. The van der Waals surface area contributed by atoms with Crippen LogP contribution in [0.15, 0.2) is 164 Å². The number of benzene rings is 7. The molecule has 1 heterocycles. The molecule has 0 spiro atoms. The molecule has 0 unspecified atom stereocenters. The Morgan fingerprint density at radius 2 is 1.00 bits per heavy atom. The van der Waals surface area contributed by atoms with Crippen LogP contribution >= 0.6 is 0 Å². The van der Waals surface area contributed by atoms with E-state index in [1.54, 1.807) is 0 Å². The molecule has 0 aromatic heterocycles. The van der Waals surface area contributed by atoms with E-state index in [4.69, 9.17) is 4.74 Å². The number of nitrogens with zero attached hydrogens (tertiary/aromatic N) is 1. The molecule has 2 nitrogen and oxygen atoms in total. The van der Waals surface area contributed by atoms with Gasteiger partial charge in [-0.05, 0) is 107 Å². The molecule has 0 atom stereocenters. The van der Waals surface area contributed by atoms with Crippen molar-refractivity contribution in [3.63, 3.8) is 0 Å². The van der Waals surface area contributed by atoms with Crippen LogP contribution in [0.5, 0.6) is 11.5 Å². The van der Waals surface area contributed by atoms with Crippen LogP contribution in [0.1, 0.15) is 37.2 Å². The molecule has 0 N–H and O–H groups in total. The van der Waals surface area contributed by atoms with Crippen molar-refractivity contribution in [2.75, 3.05) is 4.90 Å². The maximum atomic E-state index is 6.53. The number of anilines is 2. The molecule has 232 valence electrons. The molecule has 7 aromatic carbocycles. The molecule has 1 aliphatic carbocycles. The smallest absolute Gasteiger partial charge is 0.135 e. The summed E-state index contributed by atoms with van der Waals surface area (Å²) in [5.74, 6) is 2.47. The standard InChI is InChI=1S/C46H37NO/c1-3-9-32(10-4-1)34-17-24-39(25-18-34)47(40-26-19-35(20-27-40)33-11-5-2-6-12-33)41-28-21-36(22-29-41)38-23-30-42-43-15-7-13-37-14-8-16-44(46(37)43)48-45(42)31-38/h1-20,23-27,30-31,36,41H,21-22,28-29H2. The van der Waals surface area contributed by atoms with Crippen LogP contribution in [0.25, 0.3) is 44.2 Å². The van der Waals surface area contributed by atoms with Gasteiger partial charge in [0, 0.05) is 28.4 Å². The van der Waals surface area contributed by atoms with E-state index < -0.39 is 0 Å².